The van der Waals surface area contributed by atoms with Gasteiger partial charge in [0.05, 0.1) is 0 Å². The highest BCUT2D eigenvalue weighted by molar-refractivity contribution is 7.99. The van der Waals surface area contributed by atoms with Gasteiger partial charge in [0.1, 0.15) is 18.5 Å². The number of benzene rings is 1. The molecule has 1 aromatic carbocycles. The molecule has 0 aliphatic carbocycles. The van der Waals surface area contributed by atoms with Gasteiger partial charge in [-0.15, -0.1) is 0 Å². The first kappa shape index (κ1) is 18.6. The Labute approximate surface area is 144 Å². The van der Waals surface area contributed by atoms with Crippen molar-refractivity contribution >= 4 is 11.8 Å². The van der Waals surface area contributed by atoms with E-state index in [9.17, 15) is 5.11 Å². The number of hydrogen-bond donors (Lipinski definition) is 1. The van der Waals surface area contributed by atoms with Crippen molar-refractivity contribution in [1.82, 2.24) is 9.80 Å². The summed E-state index contributed by atoms with van der Waals surface area (Å²) in [6.45, 7) is 1.93. The van der Waals surface area contributed by atoms with Gasteiger partial charge in [-0.3, -0.25) is 4.90 Å². The highest BCUT2D eigenvalue weighted by Crippen LogP contribution is 2.22. The van der Waals surface area contributed by atoms with E-state index < -0.39 is 6.10 Å². The van der Waals surface area contributed by atoms with Gasteiger partial charge >= 0.3 is 0 Å². The van der Waals surface area contributed by atoms with E-state index in [1.165, 1.54) is 29.9 Å². The molecule has 4 nitrogen and oxygen atoms in total. The van der Waals surface area contributed by atoms with Crippen LogP contribution >= 0.6 is 11.8 Å². The zero-order valence-corrected chi connectivity index (χ0v) is 15.4. The summed E-state index contributed by atoms with van der Waals surface area (Å²) in [6, 6.07) is 8.97. The molecule has 1 aromatic rings. The predicted octanol–water partition coefficient (Wildman–Crippen LogP) is 2.32. The van der Waals surface area contributed by atoms with Crippen LogP contribution < -0.4 is 4.74 Å². The van der Waals surface area contributed by atoms with E-state index in [0.717, 1.165) is 12.3 Å². The average Bonchev–Trinajstić information content (AvgIpc) is 2.54. The lowest BCUT2D eigenvalue weighted by Gasteiger charge is -2.31. The molecule has 0 amide bonds. The Kier molecular flexibility index (Phi) is 7.70. The van der Waals surface area contributed by atoms with E-state index in [-0.39, 0.29) is 0 Å². The Balaban J connectivity index is 1.77. The molecule has 0 bridgehead atoms. The van der Waals surface area contributed by atoms with Gasteiger partial charge in [-0.1, -0.05) is 12.1 Å². The fourth-order valence-corrected chi connectivity index (χ4v) is 3.98. The lowest BCUT2D eigenvalue weighted by atomic mass is 10.1. The van der Waals surface area contributed by atoms with Crippen LogP contribution in [0.15, 0.2) is 24.3 Å². The molecule has 0 saturated carbocycles. The molecule has 5 heteroatoms. The van der Waals surface area contributed by atoms with Gasteiger partial charge in [0.2, 0.25) is 0 Å². The first-order valence-corrected chi connectivity index (χ1v) is 9.52. The molecule has 0 unspecified atom stereocenters. The van der Waals surface area contributed by atoms with E-state index >= 15 is 0 Å². The fourth-order valence-electron chi connectivity index (χ4n) is 2.90. The van der Waals surface area contributed by atoms with Crippen LogP contribution in [0.3, 0.4) is 0 Å². The zero-order chi connectivity index (χ0) is 16.7. The summed E-state index contributed by atoms with van der Waals surface area (Å²) in [7, 11) is 6.11. The van der Waals surface area contributed by atoms with Crippen LogP contribution in [0, 0.1) is 0 Å². The average molecular weight is 339 g/mol. The smallest absolute Gasteiger partial charge is 0.119 e. The SMILES string of the molecule is CN(C)C[C@H](O)COc1ccc(CN(C)C2CCSCC2)cc1. The molecule has 2 rings (SSSR count). The van der Waals surface area contributed by atoms with Gasteiger partial charge in [0.25, 0.3) is 0 Å². The number of likely N-dealkylation sites (N-methyl/N-ethyl adjacent to an activating group) is 1. The minimum Gasteiger partial charge on any atom is -0.491 e. The second-order valence-corrected chi connectivity index (χ2v) is 7.85. The van der Waals surface area contributed by atoms with Crippen LogP contribution in [0.2, 0.25) is 0 Å². The molecule has 0 spiro atoms. The van der Waals surface area contributed by atoms with Crippen molar-refractivity contribution in [3.8, 4) is 5.75 Å². The van der Waals surface area contributed by atoms with Crippen molar-refractivity contribution in [2.45, 2.75) is 31.5 Å². The number of aliphatic hydroxyl groups excluding tert-OH is 1. The van der Waals surface area contributed by atoms with E-state index in [1.54, 1.807) is 0 Å². The predicted molar refractivity (Wildman–Crippen MR) is 98.3 cm³/mol. The van der Waals surface area contributed by atoms with Crippen LogP contribution in [0.25, 0.3) is 0 Å². The molecule has 1 fully saturated rings. The number of thioether (sulfide) groups is 1. The number of hydrogen-bond acceptors (Lipinski definition) is 5. The molecule has 1 N–H and O–H groups in total. The summed E-state index contributed by atoms with van der Waals surface area (Å²) in [4.78, 5) is 4.42. The van der Waals surface area contributed by atoms with E-state index in [0.29, 0.717) is 19.2 Å². The normalized spacial score (nSPS) is 17.7. The van der Waals surface area contributed by atoms with Gasteiger partial charge in [-0.05, 0) is 63.2 Å². The number of ether oxygens (including phenoxy) is 1. The van der Waals surface area contributed by atoms with Crippen molar-refractivity contribution in [1.29, 1.82) is 0 Å². The molecule has 1 saturated heterocycles. The van der Waals surface area contributed by atoms with Crippen LogP contribution in [0.5, 0.6) is 5.75 Å². The maximum Gasteiger partial charge on any atom is 0.119 e. The van der Waals surface area contributed by atoms with E-state index in [1.807, 2.05) is 31.1 Å². The second kappa shape index (κ2) is 9.52. The maximum atomic E-state index is 9.82. The van der Waals surface area contributed by atoms with E-state index in [4.69, 9.17) is 4.74 Å². The van der Waals surface area contributed by atoms with Gasteiger partial charge in [0, 0.05) is 19.1 Å². The summed E-state index contributed by atoms with van der Waals surface area (Å²) in [5.74, 6) is 3.40. The third kappa shape index (κ3) is 6.71. The largest absolute Gasteiger partial charge is 0.491 e. The molecule has 1 aliphatic rings. The highest BCUT2D eigenvalue weighted by atomic mass is 32.2. The molecular weight excluding hydrogens is 308 g/mol. The van der Waals surface area contributed by atoms with Crippen molar-refractivity contribution in [3.63, 3.8) is 0 Å². The molecule has 1 atom stereocenters. The number of nitrogens with zero attached hydrogens (tertiary/aromatic N) is 2. The monoisotopic (exact) mass is 338 g/mol. The molecule has 1 aliphatic heterocycles. The van der Waals surface area contributed by atoms with Crippen molar-refractivity contribution in [3.05, 3.63) is 29.8 Å². The molecule has 23 heavy (non-hydrogen) atoms. The van der Waals surface area contributed by atoms with Crippen molar-refractivity contribution in [2.75, 3.05) is 45.8 Å². The third-order valence-electron chi connectivity index (χ3n) is 4.19. The standard InChI is InChI=1S/C18H30N2O2S/c1-19(2)13-17(21)14-22-18-6-4-15(5-7-18)12-20(3)16-8-10-23-11-9-16/h4-7,16-17,21H,8-14H2,1-3H3/t17-/m0/s1. The Morgan fingerprint density at radius 2 is 1.83 bits per heavy atom. The minimum atomic E-state index is -0.458. The summed E-state index contributed by atoms with van der Waals surface area (Å²) in [5, 5.41) is 9.82. The Morgan fingerprint density at radius 3 is 2.43 bits per heavy atom. The number of rotatable bonds is 8. The third-order valence-corrected chi connectivity index (χ3v) is 5.24. The summed E-state index contributed by atoms with van der Waals surface area (Å²) in [6.07, 6.45) is 2.14. The molecular formula is C18H30N2O2S. The molecule has 1 heterocycles. The molecule has 0 aromatic heterocycles. The second-order valence-electron chi connectivity index (χ2n) is 6.63. The topological polar surface area (TPSA) is 35.9 Å². The lowest BCUT2D eigenvalue weighted by Crippen LogP contribution is -2.34. The van der Waals surface area contributed by atoms with E-state index in [2.05, 4.69) is 35.8 Å². The minimum absolute atomic E-state index is 0.331. The highest BCUT2D eigenvalue weighted by Gasteiger charge is 2.18. The molecule has 0 radical (unpaired) electrons. The van der Waals surface area contributed by atoms with Gasteiger partial charge in [0.15, 0.2) is 0 Å². The molecule has 130 valence electrons. The van der Waals surface area contributed by atoms with Crippen LogP contribution in [-0.4, -0.2) is 72.9 Å². The first-order valence-electron chi connectivity index (χ1n) is 8.37. The quantitative estimate of drug-likeness (QED) is 0.787. The van der Waals surface area contributed by atoms with Gasteiger partial charge < -0.3 is 14.7 Å². The Morgan fingerprint density at radius 1 is 1.17 bits per heavy atom. The van der Waals surface area contributed by atoms with Crippen molar-refractivity contribution < 1.29 is 9.84 Å². The van der Waals surface area contributed by atoms with Gasteiger partial charge in [-0.25, -0.2) is 0 Å². The summed E-state index contributed by atoms with van der Waals surface area (Å²) >= 11 is 2.07. The van der Waals surface area contributed by atoms with Crippen LogP contribution in [0.4, 0.5) is 0 Å². The summed E-state index contributed by atoms with van der Waals surface area (Å²) in [5.41, 5.74) is 1.31. The summed E-state index contributed by atoms with van der Waals surface area (Å²) < 4.78 is 5.65. The van der Waals surface area contributed by atoms with Crippen LogP contribution in [-0.2, 0) is 6.54 Å². The van der Waals surface area contributed by atoms with Gasteiger partial charge in [-0.2, -0.15) is 11.8 Å². The first-order chi connectivity index (χ1) is 11.0. The maximum absolute atomic E-state index is 9.82. The Bertz CT molecular complexity index is 447. The lowest BCUT2D eigenvalue weighted by molar-refractivity contribution is 0.0831. The fraction of sp³-hybridized carbons (Fsp3) is 0.667. The Hall–Kier alpha value is -0.750. The number of aliphatic hydroxyl groups is 1. The zero-order valence-electron chi connectivity index (χ0n) is 14.6. The van der Waals surface area contributed by atoms with Crippen LogP contribution in [0.1, 0.15) is 18.4 Å². The van der Waals surface area contributed by atoms with Crippen molar-refractivity contribution in [2.24, 2.45) is 0 Å².